The van der Waals surface area contributed by atoms with Gasteiger partial charge in [0.25, 0.3) is 0 Å². The van der Waals surface area contributed by atoms with Crippen LogP contribution in [0.1, 0.15) is 45.4 Å². The molecule has 0 heterocycles. The second-order valence-electron chi connectivity index (χ2n) is 4.58. The zero-order valence-electron chi connectivity index (χ0n) is 11.0. The molecule has 0 amide bonds. The minimum Gasteiger partial charge on any atom is -0.353 e. The van der Waals surface area contributed by atoms with Gasteiger partial charge in [-0.15, -0.1) is 0 Å². The van der Waals surface area contributed by atoms with Crippen molar-refractivity contribution in [3.8, 4) is 0 Å². The number of aliphatic imine (C=N–C) groups is 1. The molecule has 0 aromatic rings. The monoisotopic (exact) mass is 258 g/mol. The highest BCUT2D eigenvalue weighted by molar-refractivity contribution is 7.99. The lowest BCUT2D eigenvalue weighted by Crippen LogP contribution is -2.47. The molecule has 0 aromatic heterocycles. The lowest BCUT2D eigenvalue weighted by Gasteiger charge is -2.28. The average molecular weight is 258 g/mol. The second-order valence-corrected chi connectivity index (χ2v) is 5.72. The first-order chi connectivity index (χ1) is 8.30. The van der Waals surface area contributed by atoms with Crippen molar-refractivity contribution in [1.29, 1.82) is 0 Å². The molecule has 0 atom stereocenters. The van der Waals surface area contributed by atoms with Gasteiger partial charge in [0.15, 0.2) is 0 Å². The van der Waals surface area contributed by atoms with Gasteiger partial charge in [-0.1, -0.05) is 13.3 Å². The summed E-state index contributed by atoms with van der Waals surface area (Å²) in [4.78, 5) is 4.43. The molecule has 1 aliphatic rings. The van der Waals surface area contributed by atoms with E-state index in [1.54, 1.807) is 0 Å². The van der Waals surface area contributed by atoms with Gasteiger partial charge in [-0.25, -0.2) is 5.84 Å². The van der Waals surface area contributed by atoms with Crippen LogP contribution in [-0.2, 0) is 0 Å². The Morgan fingerprint density at radius 1 is 1.35 bits per heavy atom. The molecule has 0 spiro atoms. The van der Waals surface area contributed by atoms with Gasteiger partial charge in [-0.3, -0.25) is 10.4 Å². The Morgan fingerprint density at radius 3 is 2.59 bits per heavy atom. The van der Waals surface area contributed by atoms with E-state index in [0.29, 0.717) is 6.04 Å². The van der Waals surface area contributed by atoms with E-state index in [9.17, 15) is 0 Å². The van der Waals surface area contributed by atoms with Gasteiger partial charge >= 0.3 is 0 Å². The summed E-state index contributed by atoms with van der Waals surface area (Å²) >= 11 is 1.99. The number of thioether (sulfide) groups is 1. The third-order valence-corrected chi connectivity index (χ3v) is 4.40. The molecule has 0 bridgehead atoms. The molecular formula is C12H26N4S. The summed E-state index contributed by atoms with van der Waals surface area (Å²) < 4.78 is 0. The predicted molar refractivity (Wildman–Crippen MR) is 77.2 cm³/mol. The van der Waals surface area contributed by atoms with Gasteiger partial charge in [0, 0.05) is 17.8 Å². The Labute approximate surface area is 109 Å². The van der Waals surface area contributed by atoms with Gasteiger partial charge in [0.1, 0.15) is 0 Å². The Morgan fingerprint density at radius 2 is 2.06 bits per heavy atom. The number of nitrogens with two attached hydrogens (primary N) is 1. The average Bonchev–Trinajstić information content (AvgIpc) is 2.38. The van der Waals surface area contributed by atoms with Crippen molar-refractivity contribution >= 4 is 17.7 Å². The third-order valence-electron chi connectivity index (χ3n) is 3.27. The molecule has 0 aromatic carbocycles. The van der Waals surface area contributed by atoms with Crippen LogP contribution in [0.5, 0.6) is 0 Å². The molecule has 0 unspecified atom stereocenters. The normalized spacial score (nSPS) is 25.7. The summed E-state index contributed by atoms with van der Waals surface area (Å²) in [7, 11) is 0. The molecule has 0 radical (unpaired) electrons. The zero-order chi connectivity index (χ0) is 12.5. The quantitative estimate of drug-likeness (QED) is 0.232. The first-order valence-corrected chi connectivity index (χ1v) is 7.89. The van der Waals surface area contributed by atoms with E-state index in [4.69, 9.17) is 5.84 Å². The molecule has 1 fully saturated rings. The van der Waals surface area contributed by atoms with E-state index in [2.05, 4.69) is 28.9 Å². The van der Waals surface area contributed by atoms with Crippen molar-refractivity contribution in [2.75, 3.05) is 12.8 Å². The Balaban J connectivity index is 2.29. The summed E-state index contributed by atoms with van der Waals surface area (Å²) in [6, 6.07) is 0.537. The van der Waals surface area contributed by atoms with Crippen molar-refractivity contribution in [1.82, 2.24) is 10.7 Å². The summed E-state index contributed by atoms with van der Waals surface area (Å²) in [5.41, 5.74) is 2.67. The number of hydrogen-bond donors (Lipinski definition) is 3. The number of rotatable bonds is 5. The van der Waals surface area contributed by atoms with Crippen LogP contribution < -0.4 is 16.6 Å². The summed E-state index contributed by atoms with van der Waals surface area (Å²) in [6.07, 6.45) is 9.53. The van der Waals surface area contributed by atoms with E-state index < -0.39 is 0 Å². The third kappa shape index (κ3) is 5.64. The minimum absolute atomic E-state index is 0.537. The molecule has 1 saturated carbocycles. The number of nitrogens with one attached hydrogen (secondary N) is 2. The summed E-state index contributed by atoms with van der Waals surface area (Å²) in [5, 5.41) is 4.26. The molecule has 5 heteroatoms. The molecule has 100 valence electrons. The van der Waals surface area contributed by atoms with Gasteiger partial charge in [-0.05, 0) is 38.4 Å². The van der Waals surface area contributed by atoms with Crippen LogP contribution in [0.15, 0.2) is 4.99 Å². The van der Waals surface area contributed by atoms with E-state index in [-0.39, 0.29) is 0 Å². The van der Waals surface area contributed by atoms with Crippen molar-refractivity contribution in [2.45, 2.75) is 56.7 Å². The van der Waals surface area contributed by atoms with Crippen LogP contribution >= 0.6 is 11.8 Å². The molecule has 0 saturated heterocycles. The lowest BCUT2D eigenvalue weighted by molar-refractivity contribution is 0.418. The van der Waals surface area contributed by atoms with E-state index >= 15 is 0 Å². The maximum absolute atomic E-state index is 5.48. The lowest BCUT2D eigenvalue weighted by atomic mass is 9.95. The molecule has 0 aliphatic heterocycles. The first-order valence-electron chi connectivity index (χ1n) is 6.60. The van der Waals surface area contributed by atoms with Gasteiger partial charge in [0.05, 0.1) is 0 Å². The fourth-order valence-corrected chi connectivity index (χ4v) is 2.86. The Bertz CT molecular complexity index is 225. The summed E-state index contributed by atoms with van der Waals surface area (Å²) in [5.74, 6) is 6.23. The number of unbranched alkanes of at least 4 members (excludes halogenated alkanes) is 1. The highest BCUT2D eigenvalue weighted by Crippen LogP contribution is 2.26. The predicted octanol–water partition coefficient (Wildman–Crippen LogP) is 1.87. The largest absolute Gasteiger partial charge is 0.353 e. The van der Waals surface area contributed by atoms with Crippen LogP contribution in [-0.4, -0.2) is 30.1 Å². The van der Waals surface area contributed by atoms with Gasteiger partial charge in [0.2, 0.25) is 5.96 Å². The molecule has 1 rings (SSSR count). The van der Waals surface area contributed by atoms with Gasteiger partial charge < -0.3 is 5.32 Å². The number of hydrogen-bond acceptors (Lipinski definition) is 3. The summed E-state index contributed by atoms with van der Waals surface area (Å²) in [6.45, 7) is 3.02. The maximum Gasteiger partial charge on any atom is 0.205 e. The smallest absolute Gasteiger partial charge is 0.205 e. The molecule has 1 aliphatic carbocycles. The highest BCUT2D eigenvalue weighted by Gasteiger charge is 2.20. The topological polar surface area (TPSA) is 62.4 Å². The molecular weight excluding hydrogens is 232 g/mol. The zero-order valence-corrected chi connectivity index (χ0v) is 11.9. The number of nitrogens with zero attached hydrogens (tertiary/aromatic N) is 1. The van der Waals surface area contributed by atoms with E-state index in [1.165, 1.54) is 32.1 Å². The van der Waals surface area contributed by atoms with Crippen LogP contribution in [0.3, 0.4) is 0 Å². The minimum atomic E-state index is 0.537. The van der Waals surface area contributed by atoms with Crippen LogP contribution in [0.25, 0.3) is 0 Å². The fourth-order valence-electron chi connectivity index (χ4n) is 2.12. The molecule has 4 N–H and O–H groups in total. The first kappa shape index (κ1) is 14.6. The Hall–Kier alpha value is -0.420. The van der Waals surface area contributed by atoms with Crippen molar-refractivity contribution in [2.24, 2.45) is 10.8 Å². The molecule has 17 heavy (non-hydrogen) atoms. The van der Waals surface area contributed by atoms with Gasteiger partial charge in [-0.2, -0.15) is 11.8 Å². The van der Waals surface area contributed by atoms with Crippen LogP contribution in [0.2, 0.25) is 0 Å². The second kappa shape index (κ2) is 8.64. The highest BCUT2D eigenvalue weighted by atomic mass is 32.2. The van der Waals surface area contributed by atoms with E-state index in [1.807, 2.05) is 11.8 Å². The number of guanidine groups is 1. The van der Waals surface area contributed by atoms with Crippen molar-refractivity contribution < 1.29 is 0 Å². The van der Waals surface area contributed by atoms with Crippen LogP contribution in [0.4, 0.5) is 0 Å². The number of hydrazine groups is 1. The standard InChI is InChI=1S/C12H26N4S/c1-3-4-9-14-12(16-13)15-10-5-7-11(17-2)8-6-10/h10-11H,3-9,13H2,1-2H3,(H2,14,15,16). The fraction of sp³-hybridized carbons (Fsp3) is 0.917. The van der Waals surface area contributed by atoms with E-state index in [0.717, 1.165) is 24.2 Å². The van der Waals surface area contributed by atoms with Crippen LogP contribution in [0, 0.1) is 0 Å². The maximum atomic E-state index is 5.48. The SMILES string of the molecule is CCCCN=C(NN)NC1CCC(SC)CC1. The Kier molecular flexibility index (Phi) is 7.44. The van der Waals surface area contributed by atoms with Crippen molar-refractivity contribution in [3.63, 3.8) is 0 Å². The van der Waals surface area contributed by atoms with Crippen molar-refractivity contribution in [3.05, 3.63) is 0 Å². The molecule has 4 nitrogen and oxygen atoms in total.